The van der Waals surface area contributed by atoms with Crippen LogP contribution in [0, 0.1) is 0 Å². The minimum Gasteiger partial charge on any atom is -0.462 e. The van der Waals surface area contributed by atoms with E-state index in [9.17, 15) is 28.5 Å². The zero-order valence-corrected chi connectivity index (χ0v) is 18.3. The molecular weight excluding hydrogens is 429 g/mol. The summed E-state index contributed by atoms with van der Waals surface area (Å²) in [5.41, 5.74) is 0. The SMILES string of the molecule is COP(=O)(OC)[C@H](NC(C)=O)[C@@H](OC(C)=O)[C@H](OC(C)=O)[C@@H](COC(C)=O)OC=O. The van der Waals surface area contributed by atoms with Crippen LogP contribution in [-0.2, 0) is 56.5 Å². The molecule has 0 aromatic carbocycles. The van der Waals surface area contributed by atoms with Gasteiger partial charge in [-0.3, -0.25) is 28.5 Å². The summed E-state index contributed by atoms with van der Waals surface area (Å²) in [6.45, 7) is 3.52. The molecule has 0 bridgehead atoms. The third kappa shape index (κ3) is 8.89. The molecule has 0 spiro atoms. The van der Waals surface area contributed by atoms with E-state index in [1.165, 1.54) is 0 Å². The molecule has 0 aliphatic carbocycles. The minimum atomic E-state index is -4.20. The number of nitrogens with one attached hydrogen (secondary N) is 1. The van der Waals surface area contributed by atoms with Crippen LogP contribution in [-0.4, -0.2) is 75.2 Å². The van der Waals surface area contributed by atoms with Crippen LogP contribution in [0.1, 0.15) is 27.7 Å². The first-order valence-corrected chi connectivity index (χ1v) is 10.1. The van der Waals surface area contributed by atoms with E-state index in [1.54, 1.807) is 0 Å². The second-order valence-electron chi connectivity index (χ2n) is 5.77. The molecule has 0 heterocycles. The van der Waals surface area contributed by atoms with Crippen molar-refractivity contribution in [1.82, 2.24) is 5.32 Å². The van der Waals surface area contributed by atoms with E-state index in [0.29, 0.717) is 0 Å². The van der Waals surface area contributed by atoms with Gasteiger partial charge in [-0.15, -0.1) is 0 Å². The molecule has 0 aromatic rings. The van der Waals surface area contributed by atoms with Crippen LogP contribution < -0.4 is 5.32 Å². The van der Waals surface area contributed by atoms with E-state index in [2.05, 4.69) is 5.32 Å². The Morgan fingerprint density at radius 1 is 0.900 bits per heavy atom. The van der Waals surface area contributed by atoms with Crippen LogP contribution in [0.15, 0.2) is 0 Å². The second-order valence-corrected chi connectivity index (χ2v) is 8.14. The number of esters is 3. The smallest absolute Gasteiger partial charge is 0.356 e. The molecule has 0 radical (unpaired) electrons. The lowest BCUT2D eigenvalue weighted by Gasteiger charge is -2.37. The molecule has 30 heavy (non-hydrogen) atoms. The minimum absolute atomic E-state index is 0.0187. The lowest BCUT2D eigenvalue weighted by molar-refractivity contribution is -0.186. The normalized spacial score (nSPS) is 15.0. The Hall–Kier alpha value is -2.50. The van der Waals surface area contributed by atoms with E-state index >= 15 is 0 Å². The van der Waals surface area contributed by atoms with Crippen LogP contribution in [0.3, 0.4) is 0 Å². The zero-order chi connectivity index (χ0) is 23.5. The van der Waals surface area contributed by atoms with Gasteiger partial charge < -0.3 is 33.3 Å². The van der Waals surface area contributed by atoms with E-state index in [4.69, 9.17) is 28.0 Å². The van der Waals surface area contributed by atoms with Gasteiger partial charge in [0.1, 0.15) is 6.61 Å². The molecule has 0 rings (SSSR count). The number of carbonyl (C=O) groups is 5. The third-order valence-electron chi connectivity index (χ3n) is 3.49. The summed E-state index contributed by atoms with van der Waals surface area (Å²) in [7, 11) is -2.17. The van der Waals surface area contributed by atoms with Gasteiger partial charge in [0.05, 0.1) is 0 Å². The standard InChI is InChI=1S/C16H26NO12P/c1-9(19)17-16(30(23,24-5)25-6)15(29-12(4)22)14(28-11(3)21)13(27-8-18)7-26-10(2)20/h8,13-16H,7H2,1-6H3,(H,17,19)/t13-,14-,15+,16+/m1/s1. The van der Waals surface area contributed by atoms with Gasteiger partial charge in [0.15, 0.2) is 24.1 Å². The highest BCUT2D eigenvalue weighted by atomic mass is 31.2. The predicted molar refractivity (Wildman–Crippen MR) is 97.9 cm³/mol. The predicted octanol–water partition coefficient (Wildman–Crippen LogP) is -0.0974. The van der Waals surface area contributed by atoms with Crippen molar-refractivity contribution in [2.45, 2.75) is 51.8 Å². The largest absolute Gasteiger partial charge is 0.462 e. The van der Waals surface area contributed by atoms with Crippen LogP contribution in [0.2, 0.25) is 0 Å². The van der Waals surface area contributed by atoms with Gasteiger partial charge in [-0.1, -0.05) is 0 Å². The molecule has 1 N–H and O–H groups in total. The van der Waals surface area contributed by atoms with Crippen molar-refractivity contribution in [2.24, 2.45) is 0 Å². The van der Waals surface area contributed by atoms with E-state index < -0.39 is 62.1 Å². The number of hydrogen-bond acceptors (Lipinski definition) is 12. The molecule has 0 saturated carbocycles. The molecule has 172 valence electrons. The third-order valence-corrected chi connectivity index (χ3v) is 5.61. The number of hydrogen-bond donors (Lipinski definition) is 1. The van der Waals surface area contributed by atoms with Gasteiger partial charge in [0.2, 0.25) is 5.91 Å². The Kier molecular flexibility index (Phi) is 11.9. The Bertz CT molecular complexity index is 673. The van der Waals surface area contributed by atoms with Crippen LogP contribution >= 0.6 is 7.60 Å². The van der Waals surface area contributed by atoms with Crippen LogP contribution in [0.4, 0.5) is 0 Å². The Balaban J connectivity index is 6.51. The summed E-state index contributed by atoms with van der Waals surface area (Å²) in [6.07, 6.45) is -4.91. The number of rotatable bonds is 13. The maximum absolute atomic E-state index is 13.1. The molecule has 0 aliphatic rings. The first-order valence-electron chi connectivity index (χ1n) is 8.47. The summed E-state index contributed by atoms with van der Waals surface area (Å²) in [5, 5.41) is 2.27. The summed E-state index contributed by atoms with van der Waals surface area (Å²) < 4.78 is 42.8. The lowest BCUT2D eigenvalue weighted by Crippen LogP contribution is -2.56. The monoisotopic (exact) mass is 455 g/mol. The van der Waals surface area contributed by atoms with E-state index in [0.717, 1.165) is 41.9 Å². The first-order chi connectivity index (χ1) is 13.9. The maximum Gasteiger partial charge on any atom is 0.356 e. The second kappa shape index (κ2) is 12.9. The highest BCUT2D eigenvalue weighted by molar-refractivity contribution is 7.54. The summed E-state index contributed by atoms with van der Waals surface area (Å²) in [4.78, 5) is 57.3. The highest BCUT2D eigenvalue weighted by Gasteiger charge is 2.50. The first kappa shape index (κ1) is 27.5. The molecule has 1 amide bonds. The molecule has 4 atom stereocenters. The fourth-order valence-corrected chi connectivity index (χ4v) is 3.92. The lowest BCUT2D eigenvalue weighted by atomic mass is 10.1. The summed E-state index contributed by atoms with van der Waals surface area (Å²) in [5.74, 6) is -5.00. The number of carbonyl (C=O) groups excluding carboxylic acids is 5. The summed E-state index contributed by atoms with van der Waals surface area (Å²) in [6, 6.07) is 0. The average Bonchev–Trinajstić information content (AvgIpc) is 2.65. The van der Waals surface area contributed by atoms with Crippen molar-refractivity contribution in [2.75, 3.05) is 20.8 Å². The van der Waals surface area contributed by atoms with Crippen molar-refractivity contribution in [3.8, 4) is 0 Å². The Labute approximate surface area is 173 Å². The van der Waals surface area contributed by atoms with Gasteiger partial charge in [0.25, 0.3) is 6.47 Å². The molecule has 0 aromatic heterocycles. The molecule has 14 heteroatoms. The van der Waals surface area contributed by atoms with Crippen LogP contribution in [0.25, 0.3) is 0 Å². The highest BCUT2D eigenvalue weighted by Crippen LogP contribution is 2.53. The molecule has 13 nitrogen and oxygen atoms in total. The fourth-order valence-electron chi connectivity index (χ4n) is 2.38. The number of amides is 1. The van der Waals surface area contributed by atoms with Crippen molar-refractivity contribution in [1.29, 1.82) is 0 Å². The van der Waals surface area contributed by atoms with Crippen molar-refractivity contribution < 1.29 is 56.5 Å². The van der Waals surface area contributed by atoms with Gasteiger partial charge in [-0.2, -0.15) is 0 Å². The van der Waals surface area contributed by atoms with Gasteiger partial charge in [-0.25, -0.2) is 0 Å². The maximum atomic E-state index is 13.1. The molecule has 0 saturated heterocycles. The number of ether oxygens (including phenoxy) is 4. The summed E-state index contributed by atoms with van der Waals surface area (Å²) >= 11 is 0. The van der Waals surface area contributed by atoms with E-state index in [-0.39, 0.29) is 6.47 Å². The quantitative estimate of drug-likeness (QED) is 0.170. The van der Waals surface area contributed by atoms with Gasteiger partial charge >= 0.3 is 25.5 Å². The van der Waals surface area contributed by atoms with Crippen LogP contribution in [0.5, 0.6) is 0 Å². The Morgan fingerprint density at radius 3 is 1.77 bits per heavy atom. The Morgan fingerprint density at radius 2 is 1.40 bits per heavy atom. The molecule has 0 unspecified atom stereocenters. The molecule has 0 aliphatic heterocycles. The van der Waals surface area contributed by atoms with Gasteiger partial charge in [-0.05, 0) is 0 Å². The molecular formula is C16H26NO12P. The molecule has 0 fully saturated rings. The zero-order valence-electron chi connectivity index (χ0n) is 17.4. The average molecular weight is 455 g/mol. The van der Waals surface area contributed by atoms with Crippen molar-refractivity contribution >= 4 is 37.9 Å². The van der Waals surface area contributed by atoms with E-state index in [1.807, 2.05) is 0 Å². The van der Waals surface area contributed by atoms with Crippen molar-refractivity contribution in [3.05, 3.63) is 0 Å². The fraction of sp³-hybridized carbons (Fsp3) is 0.688. The van der Waals surface area contributed by atoms with Crippen molar-refractivity contribution in [3.63, 3.8) is 0 Å². The van der Waals surface area contributed by atoms with Gasteiger partial charge in [0, 0.05) is 41.9 Å². The topological polar surface area (TPSA) is 170 Å².